The van der Waals surface area contributed by atoms with Crippen molar-refractivity contribution in [3.63, 3.8) is 0 Å². The van der Waals surface area contributed by atoms with E-state index >= 15 is 0 Å². The number of benzene rings is 1. The van der Waals surface area contributed by atoms with Gasteiger partial charge < -0.3 is 20.0 Å². The van der Waals surface area contributed by atoms with E-state index in [4.69, 9.17) is 22.7 Å². The lowest BCUT2D eigenvalue weighted by Crippen LogP contribution is -2.24. The Labute approximate surface area is 117 Å². The van der Waals surface area contributed by atoms with E-state index in [-0.39, 0.29) is 6.04 Å². The molecular weight excluding hydrogens is 258 g/mol. The molecule has 100 valence electrons. The first kappa shape index (κ1) is 12.4. The minimum Gasteiger partial charge on any atom is -0.491 e. The number of hydrogen-bond acceptors (Lipinski definition) is 3. The lowest BCUT2D eigenvalue weighted by atomic mass is 10.0. The van der Waals surface area contributed by atoms with Gasteiger partial charge in [-0.15, -0.1) is 0 Å². The van der Waals surface area contributed by atoms with E-state index in [1.165, 1.54) is 5.56 Å². The van der Waals surface area contributed by atoms with Crippen molar-refractivity contribution in [2.75, 3.05) is 13.2 Å². The van der Waals surface area contributed by atoms with Crippen LogP contribution in [-0.4, -0.2) is 22.7 Å². The van der Waals surface area contributed by atoms with Crippen LogP contribution >= 0.6 is 12.2 Å². The number of nitrogens with zero attached hydrogens (tertiary/aromatic N) is 1. The van der Waals surface area contributed by atoms with Crippen molar-refractivity contribution >= 4 is 12.2 Å². The van der Waals surface area contributed by atoms with Gasteiger partial charge in [-0.2, -0.15) is 0 Å². The summed E-state index contributed by atoms with van der Waals surface area (Å²) in [5, 5.41) is 0. The third-order valence-corrected chi connectivity index (χ3v) is 3.78. The van der Waals surface area contributed by atoms with Crippen molar-refractivity contribution in [2.45, 2.75) is 18.9 Å². The number of H-pyrrole nitrogens is 1. The molecule has 1 aromatic heterocycles. The molecule has 0 bridgehead atoms. The molecule has 3 N–H and O–H groups in total. The fourth-order valence-electron chi connectivity index (χ4n) is 2.51. The number of nitrogens with two attached hydrogens (primary N) is 1. The molecule has 4 nitrogen and oxygen atoms in total. The molecule has 1 aliphatic heterocycles. The van der Waals surface area contributed by atoms with E-state index in [2.05, 4.69) is 21.8 Å². The van der Waals surface area contributed by atoms with Gasteiger partial charge in [0.25, 0.3) is 0 Å². The molecule has 0 spiro atoms. The second kappa shape index (κ2) is 5.19. The van der Waals surface area contributed by atoms with Gasteiger partial charge in [0.15, 0.2) is 4.77 Å². The Morgan fingerprint density at radius 1 is 1.42 bits per heavy atom. The van der Waals surface area contributed by atoms with Crippen LogP contribution in [0.5, 0.6) is 5.75 Å². The van der Waals surface area contributed by atoms with Crippen LogP contribution in [0.1, 0.15) is 17.3 Å². The molecule has 1 aromatic carbocycles. The van der Waals surface area contributed by atoms with Crippen LogP contribution in [-0.2, 0) is 12.8 Å². The van der Waals surface area contributed by atoms with Crippen LogP contribution in [0.15, 0.2) is 30.5 Å². The zero-order chi connectivity index (χ0) is 13.2. The highest BCUT2D eigenvalue weighted by Gasteiger charge is 2.21. The maximum absolute atomic E-state index is 5.81. The molecule has 0 radical (unpaired) electrons. The topological polar surface area (TPSA) is 56.0 Å². The van der Waals surface area contributed by atoms with Gasteiger partial charge in [-0.1, -0.05) is 18.2 Å². The minimum absolute atomic E-state index is 0.255. The lowest BCUT2D eigenvalue weighted by Gasteiger charge is -2.26. The van der Waals surface area contributed by atoms with E-state index in [0.29, 0.717) is 13.2 Å². The molecule has 5 heteroatoms. The van der Waals surface area contributed by atoms with E-state index in [1.54, 1.807) is 0 Å². The largest absolute Gasteiger partial charge is 0.491 e. The van der Waals surface area contributed by atoms with Gasteiger partial charge >= 0.3 is 0 Å². The van der Waals surface area contributed by atoms with E-state index in [1.807, 2.05) is 18.2 Å². The molecular formula is C14H17N3OS. The first-order chi connectivity index (χ1) is 9.28. The molecule has 0 fully saturated rings. The third-order valence-electron chi connectivity index (χ3n) is 3.46. The maximum Gasteiger partial charge on any atom is 0.177 e. The molecule has 0 saturated heterocycles. The molecule has 3 rings (SSSR count). The number of ether oxygens (including phenoxy) is 1. The Kier molecular flexibility index (Phi) is 3.40. The highest BCUT2D eigenvalue weighted by Crippen LogP contribution is 2.29. The lowest BCUT2D eigenvalue weighted by molar-refractivity contribution is 0.223. The van der Waals surface area contributed by atoms with Gasteiger partial charge in [-0.05, 0) is 30.4 Å². The molecule has 1 atom stereocenters. The van der Waals surface area contributed by atoms with Gasteiger partial charge in [-0.3, -0.25) is 0 Å². The standard InChI is InChI=1S/C14H17N3OS/c15-6-5-11-8-17(14(19)16-11)12-7-10-3-1-2-4-13(10)18-9-12/h1-4,8,12H,5-7,9,15H2,(H,16,19)/t12-/m1/s1. The van der Waals surface area contributed by atoms with E-state index < -0.39 is 0 Å². The monoisotopic (exact) mass is 275 g/mol. The molecule has 19 heavy (non-hydrogen) atoms. The van der Waals surface area contributed by atoms with Crippen molar-refractivity contribution in [2.24, 2.45) is 5.73 Å². The van der Waals surface area contributed by atoms with Crippen LogP contribution in [0.4, 0.5) is 0 Å². The summed E-state index contributed by atoms with van der Waals surface area (Å²) in [5.74, 6) is 0.989. The first-order valence-electron chi connectivity index (χ1n) is 6.48. The summed E-state index contributed by atoms with van der Waals surface area (Å²) in [6.45, 7) is 1.28. The highest BCUT2D eigenvalue weighted by molar-refractivity contribution is 7.71. The Morgan fingerprint density at radius 2 is 2.26 bits per heavy atom. The summed E-state index contributed by atoms with van der Waals surface area (Å²) in [6, 6.07) is 8.42. The number of imidazole rings is 1. The zero-order valence-electron chi connectivity index (χ0n) is 10.6. The summed E-state index contributed by atoms with van der Waals surface area (Å²) in [7, 11) is 0. The van der Waals surface area contributed by atoms with Crippen LogP contribution in [0.3, 0.4) is 0 Å². The number of rotatable bonds is 3. The van der Waals surface area contributed by atoms with E-state index in [0.717, 1.165) is 29.1 Å². The van der Waals surface area contributed by atoms with Crippen LogP contribution in [0.25, 0.3) is 0 Å². The van der Waals surface area contributed by atoms with Crippen molar-refractivity contribution in [1.82, 2.24) is 9.55 Å². The average molecular weight is 275 g/mol. The van der Waals surface area contributed by atoms with Gasteiger partial charge in [0.05, 0.1) is 6.04 Å². The zero-order valence-corrected chi connectivity index (χ0v) is 11.5. The summed E-state index contributed by atoms with van der Waals surface area (Å²) < 4.78 is 8.65. The van der Waals surface area contributed by atoms with Gasteiger partial charge in [-0.25, -0.2) is 0 Å². The molecule has 0 aliphatic carbocycles. The smallest absolute Gasteiger partial charge is 0.177 e. The fraction of sp³-hybridized carbons (Fsp3) is 0.357. The molecule has 0 amide bonds. The van der Waals surface area contributed by atoms with Crippen molar-refractivity contribution in [3.8, 4) is 5.75 Å². The molecule has 2 aromatic rings. The quantitative estimate of drug-likeness (QED) is 0.845. The second-order valence-electron chi connectivity index (χ2n) is 4.81. The van der Waals surface area contributed by atoms with E-state index in [9.17, 15) is 0 Å². The van der Waals surface area contributed by atoms with Crippen molar-refractivity contribution in [3.05, 3.63) is 46.5 Å². The predicted molar refractivity (Wildman–Crippen MR) is 77.1 cm³/mol. The SMILES string of the molecule is NCCc1cn([C@H]2COc3ccccc3C2)c(=S)[nH]1. The summed E-state index contributed by atoms with van der Waals surface area (Å²) in [5.41, 5.74) is 7.90. The fourth-order valence-corrected chi connectivity index (χ4v) is 2.84. The molecule has 1 aliphatic rings. The Hall–Kier alpha value is -1.59. The Bertz CT molecular complexity index is 632. The number of nitrogens with one attached hydrogen (secondary N) is 1. The van der Waals surface area contributed by atoms with Gasteiger partial charge in [0, 0.05) is 24.7 Å². The minimum atomic E-state index is 0.255. The summed E-state index contributed by atoms with van der Waals surface area (Å²) in [6.07, 6.45) is 3.84. The number of aromatic amines is 1. The van der Waals surface area contributed by atoms with Crippen LogP contribution < -0.4 is 10.5 Å². The molecule has 0 unspecified atom stereocenters. The van der Waals surface area contributed by atoms with Gasteiger partial charge in [0.1, 0.15) is 12.4 Å². The molecule has 2 heterocycles. The Morgan fingerprint density at radius 3 is 3.11 bits per heavy atom. The van der Waals surface area contributed by atoms with Gasteiger partial charge in [0.2, 0.25) is 0 Å². The number of aromatic nitrogens is 2. The Balaban J connectivity index is 1.87. The summed E-state index contributed by atoms with van der Waals surface area (Å²) >= 11 is 5.38. The summed E-state index contributed by atoms with van der Waals surface area (Å²) in [4.78, 5) is 3.21. The molecule has 0 saturated carbocycles. The van der Waals surface area contributed by atoms with Crippen molar-refractivity contribution in [1.29, 1.82) is 0 Å². The number of hydrogen-bond donors (Lipinski definition) is 2. The number of fused-ring (bicyclic) bond motifs is 1. The first-order valence-corrected chi connectivity index (χ1v) is 6.89. The third kappa shape index (κ3) is 2.43. The maximum atomic E-state index is 5.81. The predicted octanol–water partition coefficient (Wildman–Crippen LogP) is 2.22. The normalized spacial score (nSPS) is 17.8. The van der Waals surface area contributed by atoms with Crippen LogP contribution in [0, 0.1) is 4.77 Å². The number of para-hydroxylation sites is 1. The highest BCUT2D eigenvalue weighted by atomic mass is 32.1. The van der Waals surface area contributed by atoms with Crippen molar-refractivity contribution < 1.29 is 4.74 Å². The van der Waals surface area contributed by atoms with Crippen LogP contribution in [0.2, 0.25) is 0 Å². The second-order valence-corrected chi connectivity index (χ2v) is 5.19. The average Bonchev–Trinajstić information content (AvgIpc) is 2.79.